The largest absolute Gasteiger partial charge is 0.457 e. The van der Waals surface area contributed by atoms with E-state index in [1.807, 2.05) is 39.0 Å². The standard InChI is InChI=1S/C31H35N5O2/c1-5-6-9-24-17-19-28-23(20-29(37)38-31(2,3)4)16-18-27(36(24)28)22-14-12-21(13-15-22)25-10-7-8-11-26(25)30-32-34-35-33-30/h7-8,10-15,17,19-20,27H,5-6,9,16,18H2,1-4H3,(H,32,33,34,35)/b23-20-. The summed E-state index contributed by atoms with van der Waals surface area (Å²) in [5, 5.41) is 14.6. The molecule has 1 unspecified atom stereocenters. The van der Waals surface area contributed by atoms with E-state index in [2.05, 4.69) is 74.6 Å². The van der Waals surface area contributed by atoms with E-state index in [9.17, 15) is 4.79 Å². The second-order valence-electron chi connectivity index (χ2n) is 10.8. The minimum atomic E-state index is -0.510. The molecule has 7 heteroatoms. The van der Waals surface area contributed by atoms with Gasteiger partial charge in [0.05, 0.1) is 6.04 Å². The summed E-state index contributed by atoms with van der Waals surface area (Å²) >= 11 is 0. The van der Waals surface area contributed by atoms with Crippen LogP contribution in [0.3, 0.4) is 0 Å². The second-order valence-corrected chi connectivity index (χ2v) is 10.8. The van der Waals surface area contributed by atoms with Crippen LogP contribution in [0.15, 0.2) is 66.7 Å². The van der Waals surface area contributed by atoms with Crippen molar-refractivity contribution in [3.05, 3.63) is 83.7 Å². The molecule has 0 aliphatic carbocycles. The Morgan fingerprint density at radius 2 is 1.84 bits per heavy atom. The number of allylic oxidation sites excluding steroid dienone is 1. The van der Waals surface area contributed by atoms with E-state index in [4.69, 9.17) is 4.74 Å². The third-order valence-corrected chi connectivity index (χ3v) is 6.94. The molecule has 0 fully saturated rings. The van der Waals surface area contributed by atoms with Gasteiger partial charge in [-0.15, -0.1) is 10.2 Å². The summed E-state index contributed by atoms with van der Waals surface area (Å²) in [6, 6.07) is 21.5. The lowest BCUT2D eigenvalue weighted by molar-refractivity contribution is -0.148. The maximum absolute atomic E-state index is 12.6. The highest BCUT2D eigenvalue weighted by molar-refractivity contribution is 5.91. The van der Waals surface area contributed by atoms with Gasteiger partial charge in [0.25, 0.3) is 0 Å². The van der Waals surface area contributed by atoms with Gasteiger partial charge in [0.1, 0.15) is 5.60 Å². The lowest BCUT2D eigenvalue weighted by Gasteiger charge is -2.31. The van der Waals surface area contributed by atoms with Gasteiger partial charge in [-0.1, -0.05) is 61.9 Å². The van der Waals surface area contributed by atoms with Gasteiger partial charge < -0.3 is 9.30 Å². The topological polar surface area (TPSA) is 85.7 Å². The molecule has 0 amide bonds. The maximum atomic E-state index is 12.6. The molecule has 0 radical (unpaired) electrons. The summed E-state index contributed by atoms with van der Waals surface area (Å²) in [6.07, 6.45) is 6.73. The van der Waals surface area contributed by atoms with Gasteiger partial charge in [-0.05, 0) is 86.1 Å². The SMILES string of the molecule is CCCCc1ccc2n1C(c1ccc(-c3ccccc3-c3nn[nH]n3)cc1)CC/C2=C/C(=O)OC(C)(C)C. The number of carbonyl (C=O) groups is 1. The van der Waals surface area contributed by atoms with Crippen LogP contribution in [-0.4, -0.2) is 36.8 Å². The number of nitrogens with one attached hydrogen (secondary N) is 1. The zero-order valence-electron chi connectivity index (χ0n) is 22.6. The quantitative estimate of drug-likeness (QED) is 0.219. The molecule has 0 bridgehead atoms. The van der Waals surface area contributed by atoms with E-state index >= 15 is 0 Å². The summed E-state index contributed by atoms with van der Waals surface area (Å²) in [7, 11) is 0. The first-order valence-electron chi connectivity index (χ1n) is 13.4. The van der Waals surface area contributed by atoms with Crippen LogP contribution in [0.4, 0.5) is 0 Å². The lowest BCUT2D eigenvalue weighted by atomic mass is 9.91. The molecule has 2 aromatic heterocycles. The van der Waals surface area contributed by atoms with E-state index < -0.39 is 5.60 Å². The molecule has 196 valence electrons. The molecular weight excluding hydrogens is 474 g/mol. The number of rotatable bonds is 7. The Bertz CT molecular complexity index is 1430. The highest BCUT2D eigenvalue weighted by atomic mass is 16.6. The summed E-state index contributed by atoms with van der Waals surface area (Å²) in [5.74, 6) is 0.303. The highest BCUT2D eigenvalue weighted by Gasteiger charge is 2.27. The first-order chi connectivity index (χ1) is 18.3. The number of tetrazole rings is 1. The smallest absolute Gasteiger partial charge is 0.331 e. The molecule has 0 saturated carbocycles. The third-order valence-electron chi connectivity index (χ3n) is 6.94. The molecule has 1 aliphatic heterocycles. The Morgan fingerprint density at radius 1 is 1.08 bits per heavy atom. The van der Waals surface area contributed by atoms with Crippen molar-refractivity contribution in [1.29, 1.82) is 0 Å². The number of aromatic amines is 1. The van der Waals surface area contributed by atoms with Crippen molar-refractivity contribution in [3.63, 3.8) is 0 Å². The molecule has 2 aromatic carbocycles. The number of ether oxygens (including phenoxy) is 1. The molecule has 1 N–H and O–H groups in total. The second kappa shape index (κ2) is 10.8. The number of hydrogen-bond acceptors (Lipinski definition) is 5. The van der Waals surface area contributed by atoms with Gasteiger partial charge in [0.2, 0.25) is 5.82 Å². The molecule has 0 saturated heterocycles. The van der Waals surface area contributed by atoms with Crippen molar-refractivity contribution in [2.75, 3.05) is 0 Å². The Morgan fingerprint density at radius 3 is 2.53 bits per heavy atom. The first-order valence-corrected chi connectivity index (χ1v) is 13.4. The van der Waals surface area contributed by atoms with E-state index in [1.165, 1.54) is 11.3 Å². The number of nitrogens with zero attached hydrogens (tertiary/aromatic N) is 4. The summed E-state index contributed by atoms with van der Waals surface area (Å²) < 4.78 is 8.03. The highest BCUT2D eigenvalue weighted by Crippen LogP contribution is 2.40. The predicted molar refractivity (Wildman–Crippen MR) is 149 cm³/mol. The van der Waals surface area contributed by atoms with Gasteiger partial charge in [0.15, 0.2) is 0 Å². The fraction of sp³-hybridized carbons (Fsp3) is 0.355. The van der Waals surface area contributed by atoms with Crippen LogP contribution in [-0.2, 0) is 16.0 Å². The van der Waals surface area contributed by atoms with Crippen LogP contribution < -0.4 is 0 Å². The van der Waals surface area contributed by atoms with Crippen molar-refractivity contribution in [2.24, 2.45) is 0 Å². The van der Waals surface area contributed by atoms with Crippen LogP contribution >= 0.6 is 0 Å². The fourth-order valence-electron chi connectivity index (χ4n) is 5.26. The van der Waals surface area contributed by atoms with Crippen LogP contribution in [0.1, 0.15) is 76.4 Å². The van der Waals surface area contributed by atoms with E-state index in [1.54, 1.807) is 6.08 Å². The number of fused-ring (bicyclic) bond motifs is 1. The Balaban J connectivity index is 1.48. The monoisotopic (exact) mass is 509 g/mol. The first kappa shape index (κ1) is 25.6. The van der Waals surface area contributed by atoms with Crippen molar-refractivity contribution in [2.45, 2.75) is 71.4 Å². The average Bonchev–Trinajstić information content (AvgIpc) is 3.58. The van der Waals surface area contributed by atoms with Gasteiger partial charge in [-0.2, -0.15) is 5.21 Å². The third kappa shape index (κ3) is 5.47. The minimum Gasteiger partial charge on any atom is -0.457 e. The minimum absolute atomic E-state index is 0.212. The Hall–Kier alpha value is -4.00. The molecule has 3 heterocycles. The van der Waals surface area contributed by atoms with Crippen molar-refractivity contribution >= 4 is 11.5 Å². The van der Waals surface area contributed by atoms with Gasteiger partial charge in [-0.25, -0.2) is 4.79 Å². The number of hydrogen-bond donors (Lipinski definition) is 1. The van der Waals surface area contributed by atoms with Gasteiger partial charge >= 0.3 is 5.97 Å². The number of H-pyrrole nitrogens is 1. The Kier molecular flexibility index (Phi) is 7.27. The van der Waals surface area contributed by atoms with Crippen molar-refractivity contribution in [3.8, 4) is 22.5 Å². The molecule has 0 spiro atoms. The lowest BCUT2D eigenvalue weighted by Crippen LogP contribution is -2.24. The number of aryl methyl sites for hydroxylation is 1. The Labute approximate surface area is 223 Å². The zero-order valence-corrected chi connectivity index (χ0v) is 22.6. The molecular formula is C31H35N5O2. The van der Waals surface area contributed by atoms with Gasteiger partial charge in [-0.3, -0.25) is 0 Å². The maximum Gasteiger partial charge on any atom is 0.331 e. The van der Waals surface area contributed by atoms with Crippen molar-refractivity contribution in [1.82, 2.24) is 25.2 Å². The molecule has 38 heavy (non-hydrogen) atoms. The summed E-state index contributed by atoms with van der Waals surface area (Å²) in [6.45, 7) is 7.92. The van der Waals surface area contributed by atoms with Crippen molar-refractivity contribution < 1.29 is 9.53 Å². The molecule has 5 rings (SSSR count). The number of carbonyl (C=O) groups excluding carboxylic acids is 1. The number of esters is 1. The number of aromatic nitrogens is 5. The number of unbranched alkanes of at least 4 members (excludes halogenated alkanes) is 1. The molecule has 1 atom stereocenters. The number of benzene rings is 2. The average molecular weight is 510 g/mol. The van der Waals surface area contributed by atoms with Crippen LogP contribution in [0.5, 0.6) is 0 Å². The molecule has 1 aliphatic rings. The van der Waals surface area contributed by atoms with E-state index in [0.717, 1.165) is 60.1 Å². The van der Waals surface area contributed by atoms with E-state index in [0.29, 0.717) is 5.82 Å². The van der Waals surface area contributed by atoms with Crippen LogP contribution in [0.25, 0.3) is 28.1 Å². The summed E-state index contributed by atoms with van der Waals surface area (Å²) in [5.41, 5.74) is 7.34. The predicted octanol–water partition coefficient (Wildman–Crippen LogP) is 6.79. The normalized spacial score (nSPS) is 16.4. The zero-order chi connectivity index (χ0) is 26.7. The van der Waals surface area contributed by atoms with Gasteiger partial charge in [0, 0.05) is 23.0 Å². The van der Waals surface area contributed by atoms with E-state index in [-0.39, 0.29) is 12.0 Å². The molecule has 4 aromatic rings. The van der Waals surface area contributed by atoms with Crippen LogP contribution in [0.2, 0.25) is 0 Å². The summed E-state index contributed by atoms with van der Waals surface area (Å²) in [4.78, 5) is 12.6. The molecule has 7 nitrogen and oxygen atoms in total. The van der Waals surface area contributed by atoms with Crippen LogP contribution in [0, 0.1) is 0 Å². The fourth-order valence-corrected chi connectivity index (χ4v) is 5.26.